The van der Waals surface area contributed by atoms with E-state index in [0.29, 0.717) is 10.6 Å². The van der Waals surface area contributed by atoms with Crippen molar-refractivity contribution < 1.29 is 24.2 Å². The summed E-state index contributed by atoms with van der Waals surface area (Å²) >= 11 is 1.51. The number of methoxy groups -OCH3 is 2. The maximum Gasteiger partial charge on any atom is 0.335 e. The molecule has 0 unspecified atom stereocenters. The van der Waals surface area contributed by atoms with Crippen LogP contribution in [0.1, 0.15) is 49.7 Å². The molecule has 0 aliphatic heterocycles. The molecular weight excluding hydrogens is 354 g/mol. The van der Waals surface area contributed by atoms with Gasteiger partial charge in [0.25, 0.3) is 5.91 Å². The van der Waals surface area contributed by atoms with Crippen molar-refractivity contribution in [1.82, 2.24) is 0 Å². The van der Waals surface area contributed by atoms with Crippen LogP contribution in [0, 0.1) is 0 Å². The predicted octanol–water partition coefficient (Wildman–Crippen LogP) is 3.98. The van der Waals surface area contributed by atoms with Gasteiger partial charge in [0.2, 0.25) is 0 Å². The molecule has 0 saturated carbocycles. The fraction of sp³-hybridized carbons (Fsp3) is 0.368. The number of anilines is 1. The zero-order valence-corrected chi connectivity index (χ0v) is 15.6. The quantitative estimate of drug-likeness (QED) is 0.772. The van der Waals surface area contributed by atoms with Gasteiger partial charge < -0.3 is 19.9 Å². The Hall–Kier alpha value is -2.54. The monoisotopic (exact) mass is 375 g/mol. The Bertz CT molecular complexity index is 819. The first-order chi connectivity index (χ1) is 12.5. The van der Waals surface area contributed by atoms with E-state index < -0.39 is 5.97 Å². The fourth-order valence-electron chi connectivity index (χ4n) is 3.14. The SMILES string of the molecule is COc1cc(C(=O)O)cc(NC(=O)c2cc3c(s2)CCCCC3)c1OC. The van der Waals surface area contributed by atoms with Gasteiger partial charge in [0.1, 0.15) is 0 Å². The number of aryl methyl sites for hydroxylation is 2. The van der Waals surface area contributed by atoms with Gasteiger partial charge in [0, 0.05) is 4.88 Å². The summed E-state index contributed by atoms with van der Waals surface area (Å²) in [6.45, 7) is 0. The number of rotatable bonds is 5. The number of aromatic carboxylic acids is 1. The van der Waals surface area contributed by atoms with E-state index in [-0.39, 0.29) is 22.9 Å². The third kappa shape index (κ3) is 3.67. The molecule has 26 heavy (non-hydrogen) atoms. The van der Waals surface area contributed by atoms with Crippen molar-refractivity contribution in [2.24, 2.45) is 0 Å². The van der Waals surface area contributed by atoms with Crippen molar-refractivity contribution in [3.63, 3.8) is 0 Å². The largest absolute Gasteiger partial charge is 0.493 e. The minimum atomic E-state index is -1.11. The summed E-state index contributed by atoms with van der Waals surface area (Å²) in [5, 5.41) is 12.0. The van der Waals surface area contributed by atoms with E-state index in [0.717, 1.165) is 25.7 Å². The molecule has 2 aromatic rings. The van der Waals surface area contributed by atoms with E-state index in [9.17, 15) is 14.7 Å². The fourth-order valence-corrected chi connectivity index (χ4v) is 4.29. The summed E-state index contributed by atoms with van der Waals surface area (Å²) < 4.78 is 10.5. The number of carboxylic acids is 1. The first-order valence-corrected chi connectivity index (χ1v) is 9.27. The highest BCUT2D eigenvalue weighted by molar-refractivity contribution is 7.14. The normalized spacial score (nSPS) is 13.5. The van der Waals surface area contributed by atoms with Crippen LogP contribution in [0.4, 0.5) is 5.69 Å². The second kappa shape index (κ2) is 7.78. The molecular formula is C19H21NO5S. The first-order valence-electron chi connectivity index (χ1n) is 8.45. The van der Waals surface area contributed by atoms with Crippen LogP contribution < -0.4 is 14.8 Å². The molecule has 2 N–H and O–H groups in total. The van der Waals surface area contributed by atoms with Crippen LogP contribution in [-0.2, 0) is 12.8 Å². The molecule has 0 saturated heterocycles. The van der Waals surface area contributed by atoms with E-state index in [1.165, 1.54) is 54.6 Å². The number of carbonyl (C=O) groups excluding carboxylic acids is 1. The van der Waals surface area contributed by atoms with Crippen LogP contribution >= 0.6 is 11.3 Å². The highest BCUT2D eigenvalue weighted by Gasteiger charge is 2.20. The van der Waals surface area contributed by atoms with Gasteiger partial charge in [-0.25, -0.2) is 4.79 Å². The molecule has 1 heterocycles. The summed E-state index contributed by atoms with van der Waals surface area (Å²) in [4.78, 5) is 26.0. The lowest BCUT2D eigenvalue weighted by Gasteiger charge is -2.14. The Balaban J connectivity index is 1.91. The number of thiophene rings is 1. The zero-order chi connectivity index (χ0) is 18.7. The molecule has 7 heteroatoms. The first kappa shape index (κ1) is 18.3. The average molecular weight is 375 g/mol. The van der Waals surface area contributed by atoms with Crippen molar-refractivity contribution >= 4 is 28.9 Å². The maximum atomic E-state index is 12.7. The van der Waals surface area contributed by atoms with Crippen molar-refractivity contribution in [2.45, 2.75) is 32.1 Å². The summed E-state index contributed by atoms with van der Waals surface area (Å²) in [5.74, 6) is -0.830. The van der Waals surface area contributed by atoms with Crippen molar-refractivity contribution in [2.75, 3.05) is 19.5 Å². The van der Waals surface area contributed by atoms with Crippen LogP contribution in [0.15, 0.2) is 18.2 Å². The topological polar surface area (TPSA) is 84.9 Å². The van der Waals surface area contributed by atoms with Gasteiger partial charge in [0.05, 0.1) is 30.3 Å². The van der Waals surface area contributed by atoms with E-state index in [1.807, 2.05) is 6.07 Å². The minimum absolute atomic E-state index is 0.0138. The molecule has 1 aromatic carbocycles. The lowest BCUT2D eigenvalue weighted by atomic mass is 10.1. The second-order valence-corrected chi connectivity index (χ2v) is 7.28. The predicted molar refractivity (Wildman–Crippen MR) is 100 cm³/mol. The van der Waals surface area contributed by atoms with Crippen LogP contribution in [0.5, 0.6) is 11.5 Å². The molecule has 0 atom stereocenters. The number of hydrogen-bond donors (Lipinski definition) is 2. The Morgan fingerprint density at radius 3 is 2.54 bits per heavy atom. The molecule has 1 aliphatic rings. The number of nitrogens with one attached hydrogen (secondary N) is 1. The van der Waals surface area contributed by atoms with E-state index in [1.54, 1.807) is 0 Å². The Morgan fingerprint density at radius 1 is 1.08 bits per heavy atom. The number of benzene rings is 1. The molecule has 6 nitrogen and oxygen atoms in total. The van der Waals surface area contributed by atoms with Crippen molar-refractivity contribution in [3.05, 3.63) is 39.1 Å². The van der Waals surface area contributed by atoms with Crippen LogP contribution in [-0.4, -0.2) is 31.2 Å². The Morgan fingerprint density at radius 2 is 1.85 bits per heavy atom. The Labute approximate surface area is 155 Å². The molecule has 1 aromatic heterocycles. The summed E-state index contributed by atoms with van der Waals surface area (Å²) in [5.41, 5.74) is 1.54. The number of carbonyl (C=O) groups is 2. The van der Waals surface area contributed by atoms with Crippen LogP contribution in [0.2, 0.25) is 0 Å². The van der Waals surface area contributed by atoms with Crippen LogP contribution in [0.3, 0.4) is 0 Å². The Kier molecular flexibility index (Phi) is 5.46. The maximum absolute atomic E-state index is 12.7. The third-order valence-electron chi connectivity index (χ3n) is 4.44. The molecule has 3 rings (SSSR count). The molecule has 0 fully saturated rings. The highest BCUT2D eigenvalue weighted by Crippen LogP contribution is 2.37. The summed E-state index contributed by atoms with van der Waals surface area (Å²) in [7, 11) is 2.87. The number of carboxylic acid groups (broad SMARTS) is 1. The molecule has 0 spiro atoms. The van der Waals surface area contributed by atoms with Crippen molar-refractivity contribution in [3.8, 4) is 11.5 Å². The number of hydrogen-bond acceptors (Lipinski definition) is 5. The smallest absolute Gasteiger partial charge is 0.335 e. The van der Waals surface area contributed by atoms with Crippen LogP contribution in [0.25, 0.3) is 0 Å². The number of ether oxygens (including phenoxy) is 2. The summed E-state index contributed by atoms with van der Waals surface area (Å²) in [6, 6.07) is 4.69. The molecule has 1 amide bonds. The third-order valence-corrected chi connectivity index (χ3v) is 5.68. The van der Waals surface area contributed by atoms with Crippen molar-refractivity contribution in [1.29, 1.82) is 0 Å². The molecule has 1 aliphatic carbocycles. The van der Waals surface area contributed by atoms with Gasteiger partial charge in [-0.2, -0.15) is 0 Å². The zero-order valence-electron chi connectivity index (χ0n) is 14.8. The van der Waals surface area contributed by atoms with Gasteiger partial charge in [-0.1, -0.05) is 6.42 Å². The standard InChI is InChI=1S/C19H21NO5S/c1-24-14-9-12(19(22)23)8-13(17(14)25-2)20-18(21)16-10-11-6-4-3-5-7-15(11)26-16/h8-10H,3-7H2,1-2H3,(H,20,21)(H,22,23). The van der Waals surface area contributed by atoms with Gasteiger partial charge in [0.15, 0.2) is 11.5 Å². The second-order valence-electron chi connectivity index (χ2n) is 6.14. The molecule has 0 bridgehead atoms. The number of amides is 1. The average Bonchev–Trinajstić information content (AvgIpc) is 2.91. The van der Waals surface area contributed by atoms with E-state index in [4.69, 9.17) is 9.47 Å². The lowest BCUT2D eigenvalue weighted by molar-refractivity contribution is 0.0696. The van der Waals surface area contributed by atoms with Gasteiger partial charge in [-0.15, -0.1) is 11.3 Å². The minimum Gasteiger partial charge on any atom is -0.493 e. The van der Waals surface area contributed by atoms with Gasteiger partial charge in [-0.05, 0) is 49.4 Å². The molecule has 0 radical (unpaired) electrons. The van der Waals surface area contributed by atoms with E-state index >= 15 is 0 Å². The summed E-state index contributed by atoms with van der Waals surface area (Å²) in [6.07, 6.45) is 5.54. The lowest BCUT2D eigenvalue weighted by Crippen LogP contribution is -2.12. The molecule has 138 valence electrons. The van der Waals surface area contributed by atoms with E-state index in [2.05, 4.69) is 5.32 Å². The number of fused-ring (bicyclic) bond motifs is 1. The highest BCUT2D eigenvalue weighted by atomic mass is 32.1. The van der Waals surface area contributed by atoms with Gasteiger partial charge in [-0.3, -0.25) is 4.79 Å². The van der Waals surface area contributed by atoms with Gasteiger partial charge >= 0.3 is 5.97 Å².